The number of benzene rings is 1. The quantitative estimate of drug-likeness (QED) is 0.670. The average molecular weight is 264 g/mol. The lowest BCUT2D eigenvalue weighted by Gasteiger charge is -2.33. The molecule has 19 heavy (non-hydrogen) atoms. The van der Waals surface area contributed by atoms with Crippen LogP contribution in [0.3, 0.4) is 0 Å². The van der Waals surface area contributed by atoms with E-state index in [9.17, 15) is 10.1 Å². The number of hydrogen-bond acceptors (Lipinski definition) is 4. The number of nitro benzene ring substituents is 1. The Balaban J connectivity index is 2.04. The predicted octanol–water partition coefficient (Wildman–Crippen LogP) is 3.13. The molecule has 1 N–H and O–H groups in total. The first-order valence-electron chi connectivity index (χ1n) is 6.56. The van der Waals surface area contributed by atoms with Crippen LogP contribution in [-0.2, 0) is 4.74 Å². The van der Waals surface area contributed by atoms with E-state index in [0.717, 1.165) is 43.9 Å². The Labute approximate surface area is 113 Å². The summed E-state index contributed by atoms with van der Waals surface area (Å²) >= 11 is 0. The highest BCUT2D eigenvalue weighted by Crippen LogP contribution is 2.30. The number of rotatable bonds is 4. The highest BCUT2D eigenvalue weighted by molar-refractivity contribution is 5.53. The smallest absolute Gasteiger partial charge is 0.271 e. The van der Waals surface area contributed by atoms with Gasteiger partial charge in [0, 0.05) is 37.6 Å². The Hall–Kier alpha value is -1.62. The minimum Gasteiger partial charge on any atom is -0.384 e. The lowest BCUT2D eigenvalue weighted by molar-refractivity contribution is -0.384. The molecule has 1 aliphatic heterocycles. The number of nitrogens with one attached hydrogen (secondary N) is 1. The molecule has 1 fully saturated rings. The molecule has 0 radical (unpaired) electrons. The Bertz CT molecular complexity index is 468. The van der Waals surface area contributed by atoms with Gasteiger partial charge < -0.3 is 10.1 Å². The zero-order valence-corrected chi connectivity index (χ0v) is 11.4. The molecule has 5 heteroatoms. The van der Waals surface area contributed by atoms with E-state index in [1.54, 1.807) is 12.1 Å². The van der Waals surface area contributed by atoms with E-state index in [-0.39, 0.29) is 16.0 Å². The number of anilines is 1. The first-order chi connectivity index (χ1) is 8.98. The van der Waals surface area contributed by atoms with Gasteiger partial charge in [-0.3, -0.25) is 10.1 Å². The van der Waals surface area contributed by atoms with Gasteiger partial charge in [-0.1, -0.05) is 6.92 Å². The molecule has 0 atom stereocenters. The van der Waals surface area contributed by atoms with Gasteiger partial charge in [-0.25, -0.2) is 0 Å². The third-order valence-corrected chi connectivity index (χ3v) is 3.69. The average Bonchev–Trinajstić information content (AvgIpc) is 2.37. The summed E-state index contributed by atoms with van der Waals surface area (Å²) < 4.78 is 5.37. The van der Waals surface area contributed by atoms with E-state index < -0.39 is 0 Å². The maximum absolute atomic E-state index is 10.8. The van der Waals surface area contributed by atoms with E-state index in [0.29, 0.717) is 0 Å². The van der Waals surface area contributed by atoms with Crippen molar-refractivity contribution in [2.45, 2.75) is 26.7 Å². The Morgan fingerprint density at radius 3 is 2.68 bits per heavy atom. The van der Waals surface area contributed by atoms with Gasteiger partial charge >= 0.3 is 0 Å². The number of aryl methyl sites for hydroxylation is 1. The van der Waals surface area contributed by atoms with Crippen molar-refractivity contribution < 1.29 is 9.66 Å². The summed E-state index contributed by atoms with van der Waals surface area (Å²) in [6, 6.07) is 5.12. The van der Waals surface area contributed by atoms with Gasteiger partial charge in [0.1, 0.15) is 0 Å². The summed E-state index contributed by atoms with van der Waals surface area (Å²) in [5.41, 5.74) is 2.06. The van der Waals surface area contributed by atoms with E-state index in [2.05, 4.69) is 12.2 Å². The van der Waals surface area contributed by atoms with Crippen molar-refractivity contribution in [3.63, 3.8) is 0 Å². The van der Waals surface area contributed by atoms with Crippen LogP contribution in [0.25, 0.3) is 0 Å². The molecular formula is C14H20N2O3. The van der Waals surface area contributed by atoms with Gasteiger partial charge in [0.15, 0.2) is 0 Å². The lowest BCUT2D eigenvalue weighted by Crippen LogP contribution is -2.33. The summed E-state index contributed by atoms with van der Waals surface area (Å²) in [5.74, 6) is 0. The van der Waals surface area contributed by atoms with Gasteiger partial charge in [-0.15, -0.1) is 0 Å². The highest BCUT2D eigenvalue weighted by Gasteiger charge is 2.27. The van der Waals surface area contributed by atoms with Crippen LogP contribution in [0.5, 0.6) is 0 Å². The molecule has 0 spiro atoms. The number of ether oxygens (including phenoxy) is 1. The van der Waals surface area contributed by atoms with Crippen molar-refractivity contribution >= 4 is 11.4 Å². The zero-order chi connectivity index (χ0) is 13.9. The van der Waals surface area contributed by atoms with E-state index in [4.69, 9.17) is 4.74 Å². The van der Waals surface area contributed by atoms with Crippen LogP contribution in [0.4, 0.5) is 11.4 Å². The second-order valence-corrected chi connectivity index (χ2v) is 5.59. The van der Waals surface area contributed by atoms with Crippen LogP contribution in [0.15, 0.2) is 18.2 Å². The van der Waals surface area contributed by atoms with Crippen molar-refractivity contribution in [2.75, 3.05) is 25.1 Å². The third-order valence-electron chi connectivity index (χ3n) is 3.69. The Morgan fingerprint density at radius 2 is 2.05 bits per heavy atom. The molecule has 104 valence electrons. The molecule has 0 aliphatic carbocycles. The maximum Gasteiger partial charge on any atom is 0.271 e. The number of nitro groups is 1. The second-order valence-electron chi connectivity index (χ2n) is 5.59. The van der Waals surface area contributed by atoms with Gasteiger partial charge in [0.05, 0.1) is 4.92 Å². The first kappa shape index (κ1) is 13.8. The van der Waals surface area contributed by atoms with Crippen LogP contribution in [0, 0.1) is 22.5 Å². The van der Waals surface area contributed by atoms with Gasteiger partial charge in [-0.05, 0) is 36.8 Å². The van der Waals surface area contributed by atoms with Crippen LogP contribution in [0.1, 0.15) is 25.3 Å². The molecule has 1 aromatic carbocycles. The van der Waals surface area contributed by atoms with E-state index >= 15 is 0 Å². The molecule has 2 rings (SSSR count). The number of non-ortho nitro benzene ring substituents is 1. The monoisotopic (exact) mass is 264 g/mol. The molecule has 0 bridgehead atoms. The van der Waals surface area contributed by atoms with Crippen molar-refractivity contribution in [1.82, 2.24) is 0 Å². The molecule has 1 aliphatic rings. The van der Waals surface area contributed by atoms with Crippen LogP contribution in [0.2, 0.25) is 0 Å². The molecule has 0 aromatic heterocycles. The van der Waals surface area contributed by atoms with Crippen molar-refractivity contribution in [1.29, 1.82) is 0 Å². The van der Waals surface area contributed by atoms with E-state index in [1.165, 1.54) is 0 Å². The topological polar surface area (TPSA) is 64.4 Å². The predicted molar refractivity (Wildman–Crippen MR) is 74.5 cm³/mol. The van der Waals surface area contributed by atoms with Crippen LogP contribution in [-0.4, -0.2) is 24.7 Å². The summed E-state index contributed by atoms with van der Waals surface area (Å²) in [5, 5.41) is 14.2. The minimum atomic E-state index is -0.353. The van der Waals surface area contributed by atoms with Crippen LogP contribution >= 0.6 is 0 Å². The van der Waals surface area contributed by atoms with Crippen molar-refractivity contribution in [2.24, 2.45) is 5.41 Å². The fourth-order valence-corrected chi connectivity index (χ4v) is 2.33. The van der Waals surface area contributed by atoms with Gasteiger partial charge in [-0.2, -0.15) is 0 Å². The zero-order valence-electron chi connectivity index (χ0n) is 11.4. The van der Waals surface area contributed by atoms with Crippen molar-refractivity contribution in [3.05, 3.63) is 33.9 Å². The van der Waals surface area contributed by atoms with E-state index in [1.807, 2.05) is 13.0 Å². The lowest BCUT2D eigenvalue weighted by atomic mass is 9.82. The fourth-order valence-electron chi connectivity index (χ4n) is 2.33. The molecule has 0 saturated carbocycles. The summed E-state index contributed by atoms with van der Waals surface area (Å²) in [4.78, 5) is 10.5. The summed E-state index contributed by atoms with van der Waals surface area (Å²) in [6.45, 7) is 6.51. The SMILES string of the molecule is Cc1cc(NCC2(C)CCOCC2)cc([N+](=O)[O-])c1. The molecule has 0 amide bonds. The van der Waals surface area contributed by atoms with Gasteiger partial charge in [0.25, 0.3) is 5.69 Å². The standard InChI is InChI=1S/C14H20N2O3/c1-11-7-12(9-13(8-11)16(17)18)15-10-14(2)3-5-19-6-4-14/h7-9,15H,3-6,10H2,1-2H3. The molecule has 0 unspecified atom stereocenters. The normalized spacial score (nSPS) is 18.0. The third kappa shape index (κ3) is 3.67. The molecular weight excluding hydrogens is 244 g/mol. The maximum atomic E-state index is 10.8. The summed E-state index contributed by atoms with van der Waals surface area (Å²) in [7, 11) is 0. The molecule has 1 saturated heterocycles. The Kier molecular flexibility index (Phi) is 4.04. The van der Waals surface area contributed by atoms with Crippen LogP contribution < -0.4 is 5.32 Å². The number of nitrogens with zero attached hydrogens (tertiary/aromatic N) is 1. The minimum absolute atomic E-state index is 0.139. The first-order valence-corrected chi connectivity index (χ1v) is 6.56. The van der Waals surface area contributed by atoms with Gasteiger partial charge in [0.2, 0.25) is 0 Å². The largest absolute Gasteiger partial charge is 0.384 e. The molecule has 1 aromatic rings. The van der Waals surface area contributed by atoms with Crippen molar-refractivity contribution in [3.8, 4) is 0 Å². The fraction of sp³-hybridized carbons (Fsp3) is 0.571. The second kappa shape index (κ2) is 5.57. The summed E-state index contributed by atoms with van der Waals surface area (Å²) in [6.07, 6.45) is 2.04. The Morgan fingerprint density at radius 1 is 1.37 bits per heavy atom. The molecule has 5 nitrogen and oxygen atoms in total. The number of hydrogen-bond donors (Lipinski definition) is 1. The highest BCUT2D eigenvalue weighted by atomic mass is 16.6. The molecule has 1 heterocycles.